The number of hydrogen-bond donors (Lipinski definition) is 2. The highest BCUT2D eigenvalue weighted by atomic mass is 16.2. The van der Waals surface area contributed by atoms with E-state index in [2.05, 4.69) is 28.5 Å². The van der Waals surface area contributed by atoms with Gasteiger partial charge in [-0.1, -0.05) is 37.1 Å². The van der Waals surface area contributed by atoms with Crippen LogP contribution in [0.1, 0.15) is 31.2 Å². The van der Waals surface area contributed by atoms with Gasteiger partial charge in [0.2, 0.25) is 5.91 Å². The molecule has 1 saturated carbocycles. The number of nitrogens with one attached hydrogen (secondary N) is 1. The highest BCUT2D eigenvalue weighted by molar-refractivity contribution is 5.84. The average Bonchev–Trinajstić information content (AvgIpc) is 3.05. The van der Waals surface area contributed by atoms with Crippen molar-refractivity contribution in [2.75, 3.05) is 13.1 Å². The summed E-state index contributed by atoms with van der Waals surface area (Å²) >= 11 is 0. The number of carbonyl (C=O) groups is 1. The number of nitrogens with two attached hydrogens (primary N) is 1. The van der Waals surface area contributed by atoms with Gasteiger partial charge in [0, 0.05) is 24.7 Å². The molecule has 1 aliphatic rings. The van der Waals surface area contributed by atoms with Crippen molar-refractivity contribution in [3.8, 4) is 0 Å². The minimum Gasteiger partial charge on any atom is -0.355 e. The van der Waals surface area contributed by atoms with Gasteiger partial charge in [0.15, 0.2) is 0 Å². The van der Waals surface area contributed by atoms with Crippen molar-refractivity contribution < 1.29 is 4.79 Å². The Morgan fingerprint density at radius 2 is 2.00 bits per heavy atom. The van der Waals surface area contributed by atoms with Crippen molar-refractivity contribution in [1.82, 2.24) is 10.3 Å². The highest BCUT2D eigenvalue weighted by Gasteiger charge is 2.39. The Bertz CT molecular complexity index is 657. The van der Waals surface area contributed by atoms with Crippen molar-refractivity contribution in [3.05, 3.63) is 42.1 Å². The molecule has 22 heavy (non-hydrogen) atoms. The van der Waals surface area contributed by atoms with Crippen LogP contribution >= 0.6 is 0 Å². The van der Waals surface area contributed by atoms with Gasteiger partial charge < -0.3 is 11.1 Å². The third-order valence-electron chi connectivity index (χ3n) is 4.83. The average molecular weight is 297 g/mol. The molecule has 2 aromatic rings. The van der Waals surface area contributed by atoms with Gasteiger partial charge in [-0.25, -0.2) is 0 Å². The lowest BCUT2D eigenvalue weighted by Crippen LogP contribution is -2.44. The summed E-state index contributed by atoms with van der Waals surface area (Å²) in [6.45, 7) is 1.09. The quantitative estimate of drug-likeness (QED) is 0.890. The second-order valence-corrected chi connectivity index (χ2v) is 6.19. The molecule has 0 bridgehead atoms. The topological polar surface area (TPSA) is 68.0 Å². The lowest BCUT2D eigenvalue weighted by atomic mass is 9.85. The number of aromatic nitrogens is 1. The van der Waals surface area contributed by atoms with Crippen LogP contribution in [0.5, 0.6) is 0 Å². The third kappa shape index (κ3) is 2.83. The van der Waals surface area contributed by atoms with Crippen molar-refractivity contribution >= 4 is 16.8 Å². The van der Waals surface area contributed by atoms with E-state index in [1.807, 2.05) is 18.3 Å². The Hall–Kier alpha value is -1.94. The predicted molar refractivity (Wildman–Crippen MR) is 88.4 cm³/mol. The van der Waals surface area contributed by atoms with E-state index < -0.39 is 0 Å². The maximum atomic E-state index is 12.4. The fourth-order valence-electron chi connectivity index (χ4n) is 3.44. The summed E-state index contributed by atoms with van der Waals surface area (Å²) < 4.78 is 0. The SMILES string of the molecule is NCC1(C(=O)NCCc2cccc3cccnc23)CCCC1. The molecule has 116 valence electrons. The molecule has 3 rings (SSSR count). The Kier molecular flexibility index (Phi) is 4.39. The molecule has 1 fully saturated rings. The number of rotatable bonds is 5. The van der Waals surface area contributed by atoms with Crippen LogP contribution in [-0.2, 0) is 11.2 Å². The molecule has 0 atom stereocenters. The zero-order valence-electron chi connectivity index (χ0n) is 12.8. The Labute approximate surface area is 131 Å². The Morgan fingerprint density at radius 3 is 2.77 bits per heavy atom. The highest BCUT2D eigenvalue weighted by Crippen LogP contribution is 2.37. The molecule has 1 aromatic heterocycles. The summed E-state index contributed by atoms with van der Waals surface area (Å²) in [5.74, 6) is 0.126. The van der Waals surface area contributed by atoms with Crippen LogP contribution in [-0.4, -0.2) is 24.0 Å². The van der Waals surface area contributed by atoms with Gasteiger partial charge in [-0.05, 0) is 30.9 Å². The number of hydrogen-bond acceptors (Lipinski definition) is 3. The molecule has 1 amide bonds. The van der Waals surface area contributed by atoms with Crippen LogP contribution in [0.4, 0.5) is 0 Å². The van der Waals surface area contributed by atoms with E-state index in [-0.39, 0.29) is 11.3 Å². The van der Waals surface area contributed by atoms with Crippen LogP contribution in [0.25, 0.3) is 10.9 Å². The number of carbonyl (C=O) groups excluding carboxylic acids is 1. The minimum absolute atomic E-state index is 0.126. The van der Waals surface area contributed by atoms with E-state index in [4.69, 9.17) is 5.73 Å². The van der Waals surface area contributed by atoms with Crippen LogP contribution in [0.2, 0.25) is 0 Å². The third-order valence-corrected chi connectivity index (χ3v) is 4.83. The Morgan fingerprint density at radius 1 is 1.23 bits per heavy atom. The molecule has 0 saturated heterocycles. The fourth-order valence-corrected chi connectivity index (χ4v) is 3.44. The van der Waals surface area contributed by atoms with Crippen molar-refractivity contribution in [3.63, 3.8) is 0 Å². The maximum Gasteiger partial charge on any atom is 0.227 e. The molecule has 0 radical (unpaired) electrons. The van der Waals surface area contributed by atoms with E-state index in [1.54, 1.807) is 0 Å². The smallest absolute Gasteiger partial charge is 0.227 e. The molecule has 1 aliphatic carbocycles. The summed E-state index contributed by atoms with van der Waals surface area (Å²) in [6, 6.07) is 10.2. The fraction of sp³-hybridized carbons (Fsp3) is 0.444. The first-order valence-electron chi connectivity index (χ1n) is 8.06. The van der Waals surface area contributed by atoms with Crippen LogP contribution in [0.15, 0.2) is 36.5 Å². The summed E-state index contributed by atoms with van der Waals surface area (Å²) in [6.07, 6.45) is 6.67. The van der Waals surface area contributed by atoms with Gasteiger partial charge in [0.25, 0.3) is 0 Å². The normalized spacial score (nSPS) is 16.8. The summed E-state index contributed by atoms with van der Waals surface area (Å²) in [5.41, 5.74) is 7.73. The second kappa shape index (κ2) is 6.44. The van der Waals surface area contributed by atoms with E-state index in [0.717, 1.165) is 43.0 Å². The zero-order valence-corrected chi connectivity index (χ0v) is 12.8. The molecule has 4 nitrogen and oxygen atoms in total. The predicted octanol–water partition coefficient (Wildman–Crippen LogP) is 2.41. The van der Waals surface area contributed by atoms with Gasteiger partial charge >= 0.3 is 0 Å². The number of amides is 1. The standard InChI is InChI=1S/C18H23N3O/c19-13-18(9-1-2-10-18)17(22)21-12-8-15-6-3-5-14-7-4-11-20-16(14)15/h3-7,11H,1-2,8-10,12-13,19H2,(H,21,22). The van der Waals surface area contributed by atoms with Gasteiger partial charge in [0.1, 0.15) is 0 Å². The van der Waals surface area contributed by atoms with Crippen molar-refractivity contribution in [2.45, 2.75) is 32.1 Å². The summed E-state index contributed by atoms with van der Waals surface area (Å²) in [7, 11) is 0. The van der Waals surface area contributed by atoms with Crippen molar-refractivity contribution in [1.29, 1.82) is 0 Å². The number of benzene rings is 1. The van der Waals surface area contributed by atoms with E-state index in [1.165, 1.54) is 5.56 Å². The zero-order chi connectivity index (χ0) is 15.4. The van der Waals surface area contributed by atoms with Crippen LogP contribution in [0.3, 0.4) is 0 Å². The molecular weight excluding hydrogens is 274 g/mol. The lowest BCUT2D eigenvalue weighted by Gasteiger charge is -2.25. The molecule has 0 aliphatic heterocycles. The molecular formula is C18H23N3O. The number of para-hydroxylation sites is 1. The molecule has 0 unspecified atom stereocenters. The lowest BCUT2D eigenvalue weighted by molar-refractivity contribution is -0.130. The van der Waals surface area contributed by atoms with Gasteiger partial charge in [0.05, 0.1) is 10.9 Å². The van der Waals surface area contributed by atoms with E-state index in [0.29, 0.717) is 13.1 Å². The van der Waals surface area contributed by atoms with Gasteiger partial charge in [-0.3, -0.25) is 9.78 Å². The van der Waals surface area contributed by atoms with E-state index in [9.17, 15) is 4.79 Å². The molecule has 0 spiro atoms. The molecule has 1 heterocycles. The Balaban J connectivity index is 1.64. The summed E-state index contributed by atoms with van der Waals surface area (Å²) in [5, 5.41) is 4.22. The minimum atomic E-state index is -0.322. The van der Waals surface area contributed by atoms with E-state index >= 15 is 0 Å². The first kappa shape index (κ1) is 15.0. The van der Waals surface area contributed by atoms with Crippen LogP contribution < -0.4 is 11.1 Å². The van der Waals surface area contributed by atoms with Gasteiger partial charge in [-0.15, -0.1) is 0 Å². The van der Waals surface area contributed by atoms with Crippen molar-refractivity contribution in [2.24, 2.45) is 11.1 Å². The largest absolute Gasteiger partial charge is 0.355 e. The first-order valence-corrected chi connectivity index (χ1v) is 8.06. The first-order chi connectivity index (χ1) is 10.7. The number of nitrogens with zero attached hydrogens (tertiary/aromatic N) is 1. The second-order valence-electron chi connectivity index (χ2n) is 6.19. The summed E-state index contributed by atoms with van der Waals surface area (Å²) in [4.78, 5) is 16.9. The molecule has 4 heteroatoms. The molecule has 3 N–H and O–H groups in total. The number of fused-ring (bicyclic) bond motifs is 1. The maximum absolute atomic E-state index is 12.4. The van der Waals surface area contributed by atoms with Gasteiger partial charge in [-0.2, -0.15) is 0 Å². The number of pyridine rings is 1. The molecule has 1 aromatic carbocycles. The monoisotopic (exact) mass is 297 g/mol. The van der Waals surface area contributed by atoms with Crippen LogP contribution in [0, 0.1) is 5.41 Å².